The highest BCUT2D eigenvalue weighted by atomic mass is 35.5. The minimum absolute atomic E-state index is 0.438. The van der Waals surface area contributed by atoms with E-state index in [1.807, 2.05) is 24.3 Å². The Morgan fingerprint density at radius 3 is 2.50 bits per heavy atom. The lowest BCUT2D eigenvalue weighted by Crippen LogP contribution is -1.92. The average molecular weight is 308 g/mol. The van der Waals surface area contributed by atoms with Crippen molar-refractivity contribution in [2.24, 2.45) is 0 Å². The van der Waals surface area contributed by atoms with E-state index in [1.165, 1.54) is 10.9 Å². The van der Waals surface area contributed by atoms with E-state index in [4.69, 9.17) is 11.6 Å². The molecule has 4 aromatic rings. The molecule has 4 rings (SSSR count). The van der Waals surface area contributed by atoms with Crippen LogP contribution in [0, 0.1) is 13.8 Å². The van der Waals surface area contributed by atoms with Crippen LogP contribution in [0.5, 0.6) is 0 Å². The summed E-state index contributed by atoms with van der Waals surface area (Å²) in [6.07, 6.45) is 0. The summed E-state index contributed by atoms with van der Waals surface area (Å²) in [6, 6.07) is 14.4. The number of benzene rings is 2. The third-order valence-electron chi connectivity index (χ3n) is 4.02. The van der Waals surface area contributed by atoms with Gasteiger partial charge in [0.05, 0.1) is 0 Å². The van der Waals surface area contributed by atoms with Gasteiger partial charge < -0.3 is 4.98 Å². The standard InChI is InChI=1S/C18H14ClN3/c1-10-7-8-15-14(9-10)16(11(2)20-15)17-12-5-3-4-6-13(12)18(19)22-21-17/h3-9,20H,1-2H3. The summed E-state index contributed by atoms with van der Waals surface area (Å²) in [4.78, 5) is 3.43. The number of halogens is 1. The Hall–Kier alpha value is -2.39. The Labute approximate surface area is 133 Å². The number of fused-ring (bicyclic) bond motifs is 2. The lowest BCUT2D eigenvalue weighted by molar-refractivity contribution is 1.06. The van der Waals surface area contributed by atoms with Crippen molar-refractivity contribution in [2.75, 3.05) is 0 Å². The van der Waals surface area contributed by atoms with E-state index >= 15 is 0 Å². The molecule has 2 heterocycles. The van der Waals surface area contributed by atoms with Crippen LogP contribution in [0.4, 0.5) is 0 Å². The second-order valence-electron chi connectivity index (χ2n) is 5.56. The number of hydrogen-bond acceptors (Lipinski definition) is 2. The van der Waals surface area contributed by atoms with Crippen LogP contribution < -0.4 is 0 Å². The summed E-state index contributed by atoms with van der Waals surface area (Å²) in [7, 11) is 0. The van der Waals surface area contributed by atoms with E-state index in [2.05, 4.69) is 47.2 Å². The van der Waals surface area contributed by atoms with Crippen molar-refractivity contribution >= 4 is 33.3 Å². The molecule has 0 atom stereocenters. The minimum Gasteiger partial charge on any atom is -0.358 e. The Balaban J connectivity index is 2.14. The van der Waals surface area contributed by atoms with E-state index in [9.17, 15) is 0 Å². The van der Waals surface area contributed by atoms with Crippen LogP contribution in [0.2, 0.25) is 5.15 Å². The number of nitrogens with one attached hydrogen (secondary N) is 1. The highest BCUT2D eigenvalue weighted by Gasteiger charge is 2.16. The second kappa shape index (κ2) is 4.82. The summed E-state index contributed by atoms with van der Waals surface area (Å²) in [5, 5.41) is 12.1. The Morgan fingerprint density at radius 1 is 0.909 bits per heavy atom. The molecule has 4 heteroatoms. The molecule has 22 heavy (non-hydrogen) atoms. The number of H-pyrrole nitrogens is 1. The molecular weight excluding hydrogens is 294 g/mol. The predicted octanol–water partition coefficient (Wildman–Crippen LogP) is 5.05. The van der Waals surface area contributed by atoms with Crippen LogP contribution in [0.1, 0.15) is 11.3 Å². The highest BCUT2D eigenvalue weighted by molar-refractivity contribution is 6.34. The van der Waals surface area contributed by atoms with Crippen molar-refractivity contribution in [3.63, 3.8) is 0 Å². The minimum atomic E-state index is 0.438. The first-order chi connectivity index (χ1) is 10.6. The van der Waals surface area contributed by atoms with Gasteiger partial charge >= 0.3 is 0 Å². The van der Waals surface area contributed by atoms with Crippen molar-refractivity contribution in [3.05, 3.63) is 58.9 Å². The van der Waals surface area contributed by atoms with Crippen molar-refractivity contribution in [3.8, 4) is 11.3 Å². The molecule has 1 N–H and O–H groups in total. The molecule has 2 aromatic heterocycles. The Morgan fingerprint density at radius 2 is 1.68 bits per heavy atom. The number of aryl methyl sites for hydroxylation is 2. The van der Waals surface area contributed by atoms with Gasteiger partial charge in [-0.1, -0.05) is 47.5 Å². The maximum atomic E-state index is 6.19. The molecule has 0 radical (unpaired) electrons. The number of rotatable bonds is 1. The first-order valence-corrected chi connectivity index (χ1v) is 7.53. The molecule has 0 unspecified atom stereocenters. The van der Waals surface area contributed by atoms with Gasteiger partial charge in [0.1, 0.15) is 5.69 Å². The second-order valence-corrected chi connectivity index (χ2v) is 5.92. The van der Waals surface area contributed by atoms with Gasteiger partial charge in [-0.25, -0.2) is 0 Å². The molecular formula is C18H14ClN3. The van der Waals surface area contributed by atoms with E-state index < -0.39 is 0 Å². The molecule has 0 aliphatic rings. The molecule has 0 aliphatic heterocycles. The largest absolute Gasteiger partial charge is 0.358 e. The number of aromatic amines is 1. The Bertz CT molecular complexity index is 1020. The zero-order valence-electron chi connectivity index (χ0n) is 12.3. The molecule has 0 amide bonds. The van der Waals surface area contributed by atoms with E-state index in [1.54, 1.807) is 0 Å². The van der Waals surface area contributed by atoms with Crippen LogP contribution >= 0.6 is 11.6 Å². The van der Waals surface area contributed by atoms with Gasteiger partial charge in [0.25, 0.3) is 0 Å². The molecule has 108 valence electrons. The zero-order chi connectivity index (χ0) is 15.3. The molecule has 0 bridgehead atoms. The molecule has 0 spiro atoms. The van der Waals surface area contributed by atoms with Crippen molar-refractivity contribution in [1.29, 1.82) is 0 Å². The van der Waals surface area contributed by atoms with E-state index in [0.717, 1.165) is 33.2 Å². The first-order valence-electron chi connectivity index (χ1n) is 7.15. The molecule has 0 saturated heterocycles. The summed E-state index contributed by atoms with van der Waals surface area (Å²) in [6.45, 7) is 4.16. The Kier molecular flexibility index (Phi) is 2.91. The van der Waals surface area contributed by atoms with Gasteiger partial charge in [-0.2, -0.15) is 0 Å². The lowest BCUT2D eigenvalue weighted by atomic mass is 10.0. The van der Waals surface area contributed by atoms with Crippen LogP contribution in [0.25, 0.3) is 32.9 Å². The summed E-state index contributed by atoms with van der Waals surface area (Å²) >= 11 is 6.19. The van der Waals surface area contributed by atoms with Crippen molar-refractivity contribution in [1.82, 2.24) is 15.2 Å². The van der Waals surface area contributed by atoms with Gasteiger partial charge in [-0.15, -0.1) is 10.2 Å². The van der Waals surface area contributed by atoms with Gasteiger partial charge in [-0.05, 0) is 26.0 Å². The summed E-state index contributed by atoms with van der Waals surface area (Å²) in [5.41, 5.74) is 5.38. The van der Waals surface area contributed by atoms with Crippen LogP contribution in [0.3, 0.4) is 0 Å². The number of aromatic nitrogens is 3. The van der Waals surface area contributed by atoms with Gasteiger partial charge in [-0.3, -0.25) is 0 Å². The fourth-order valence-electron chi connectivity index (χ4n) is 3.00. The van der Waals surface area contributed by atoms with Crippen molar-refractivity contribution < 1.29 is 0 Å². The van der Waals surface area contributed by atoms with Crippen LogP contribution in [-0.2, 0) is 0 Å². The summed E-state index contributed by atoms with van der Waals surface area (Å²) < 4.78 is 0. The lowest BCUT2D eigenvalue weighted by Gasteiger charge is -2.07. The maximum absolute atomic E-state index is 6.19. The highest BCUT2D eigenvalue weighted by Crippen LogP contribution is 2.36. The predicted molar refractivity (Wildman–Crippen MR) is 91.3 cm³/mol. The van der Waals surface area contributed by atoms with Crippen LogP contribution in [0.15, 0.2) is 42.5 Å². The zero-order valence-corrected chi connectivity index (χ0v) is 13.1. The molecule has 0 saturated carbocycles. The first kappa shape index (κ1) is 13.3. The van der Waals surface area contributed by atoms with Gasteiger partial charge in [0.15, 0.2) is 5.15 Å². The molecule has 2 aromatic carbocycles. The third kappa shape index (κ3) is 1.90. The maximum Gasteiger partial charge on any atom is 0.159 e. The van der Waals surface area contributed by atoms with Gasteiger partial charge in [0.2, 0.25) is 0 Å². The van der Waals surface area contributed by atoms with E-state index in [-0.39, 0.29) is 0 Å². The van der Waals surface area contributed by atoms with E-state index in [0.29, 0.717) is 5.15 Å². The fraction of sp³-hybridized carbons (Fsp3) is 0.111. The third-order valence-corrected chi connectivity index (χ3v) is 4.30. The van der Waals surface area contributed by atoms with Crippen LogP contribution in [-0.4, -0.2) is 15.2 Å². The fourth-order valence-corrected chi connectivity index (χ4v) is 3.20. The molecule has 0 aliphatic carbocycles. The molecule has 3 nitrogen and oxygen atoms in total. The SMILES string of the molecule is Cc1ccc2[nH]c(C)c(-c3nnc(Cl)c4ccccc34)c2c1. The topological polar surface area (TPSA) is 41.6 Å². The smallest absolute Gasteiger partial charge is 0.159 e. The van der Waals surface area contributed by atoms with Gasteiger partial charge in [0, 0.05) is 32.9 Å². The normalized spacial score (nSPS) is 11.4. The monoisotopic (exact) mass is 307 g/mol. The molecule has 0 fully saturated rings. The van der Waals surface area contributed by atoms with Crippen molar-refractivity contribution in [2.45, 2.75) is 13.8 Å². The quantitative estimate of drug-likeness (QED) is 0.534. The number of nitrogens with zero attached hydrogens (tertiary/aromatic N) is 2. The number of hydrogen-bond donors (Lipinski definition) is 1. The average Bonchev–Trinajstić information content (AvgIpc) is 2.84. The summed E-state index contributed by atoms with van der Waals surface area (Å²) in [5.74, 6) is 0.